The van der Waals surface area contributed by atoms with Crippen molar-refractivity contribution in [1.82, 2.24) is 0 Å². The van der Waals surface area contributed by atoms with E-state index in [1.807, 2.05) is 4.90 Å². The third-order valence-corrected chi connectivity index (χ3v) is 4.63. The van der Waals surface area contributed by atoms with Crippen LogP contribution >= 0.6 is 0 Å². The van der Waals surface area contributed by atoms with Crippen LogP contribution in [0.3, 0.4) is 0 Å². The molecule has 0 amide bonds. The average Bonchev–Trinajstić information content (AvgIpc) is 2.61. The van der Waals surface area contributed by atoms with E-state index < -0.39 is 11.7 Å². The van der Waals surface area contributed by atoms with Crippen molar-refractivity contribution in [3.05, 3.63) is 65.0 Å². The highest BCUT2D eigenvalue weighted by Crippen LogP contribution is 2.36. The molecule has 6 heteroatoms. The Bertz CT molecular complexity index is 800. The third-order valence-electron chi connectivity index (χ3n) is 4.63. The summed E-state index contributed by atoms with van der Waals surface area (Å²) in [5, 5.41) is 8.87. The predicted octanol–water partition coefficient (Wildman–Crippen LogP) is 5.10. The molecule has 130 valence electrons. The highest BCUT2D eigenvalue weighted by atomic mass is 19.4. The Morgan fingerprint density at radius 3 is 2.32 bits per heavy atom. The van der Waals surface area contributed by atoms with Crippen LogP contribution in [0.1, 0.15) is 35.4 Å². The van der Waals surface area contributed by atoms with Gasteiger partial charge in [0.05, 0.1) is 17.2 Å². The number of nitrogens with zero attached hydrogens (tertiary/aromatic N) is 2. The van der Waals surface area contributed by atoms with E-state index in [1.54, 1.807) is 24.3 Å². The monoisotopic (exact) mass is 348 g/mol. The first-order valence-corrected chi connectivity index (χ1v) is 8.01. The van der Waals surface area contributed by atoms with Gasteiger partial charge in [-0.2, -0.15) is 18.4 Å². The molecule has 1 fully saturated rings. The standard InChI is InChI=1S/C19H16F4N2/c20-18-4-2-1-3-16(18)13-7-9-25(10-8-13)15-6-5-14(12-24)17(11-15)19(21,22)23/h1-6,11,13H,7-10H2. The normalized spacial score (nSPS) is 15.9. The van der Waals surface area contributed by atoms with E-state index in [-0.39, 0.29) is 17.3 Å². The van der Waals surface area contributed by atoms with Gasteiger partial charge in [-0.3, -0.25) is 0 Å². The van der Waals surface area contributed by atoms with E-state index in [2.05, 4.69) is 0 Å². The van der Waals surface area contributed by atoms with Gasteiger partial charge >= 0.3 is 6.18 Å². The molecule has 25 heavy (non-hydrogen) atoms. The summed E-state index contributed by atoms with van der Waals surface area (Å²) in [4.78, 5) is 1.85. The summed E-state index contributed by atoms with van der Waals surface area (Å²) in [5.41, 5.74) is -0.183. The first kappa shape index (κ1) is 17.3. The molecule has 0 unspecified atom stereocenters. The molecule has 1 saturated heterocycles. The average molecular weight is 348 g/mol. The van der Waals surface area contributed by atoms with Crippen LogP contribution in [0.5, 0.6) is 0 Å². The van der Waals surface area contributed by atoms with E-state index in [0.717, 1.165) is 6.07 Å². The fraction of sp³-hybridized carbons (Fsp3) is 0.316. The van der Waals surface area contributed by atoms with E-state index >= 15 is 0 Å². The second-order valence-corrected chi connectivity index (χ2v) is 6.12. The van der Waals surface area contributed by atoms with Gasteiger partial charge in [-0.15, -0.1) is 0 Å². The van der Waals surface area contributed by atoms with Gasteiger partial charge in [-0.1, -0.05) is 18.2 Å². The fourth-order valence-corrected chi connectivity index (χ4v) is 3.32. The van der Waals surface area contributed by atoms with Gasteiger partial charge in [0.1, 0.15) is 5.82 Å². The Morgan fingerprint density at radius 2 is 1.72 bits per heavy atom. The van der Waals surface area contributed by atoms with Crippen molar-refractivity contribution in [2.75, 3.05) is 18.0 Å². The fourth-order valence-electron chi connectivity index (χ4n) is 3.32. The van der Waals surface area contributed by atoms with Crippen LogP contribution in [0.4, 0.5) is 23.2 Å². The molecule has 2 nitrogen and oxygen atoms in total. The van der Waals surface area contributed by atoms with Crippen LogP contribution in [-0.4, -0.2) is 13.1 Å². The van der Waals surface area contributed by atoms with Crippen molar-refractivity contribution in [2.45, 2.75) is 24.9 Å². The number of hydrogen-bond acceptors (Lipinski definition) is 2. The second kappa shape index (κ2) is 6.75. The molecule has 3 rings (SSSR count). The van der Waals surface area contributed by atoms with Crippen LogP contribution in [0, 0.1) is 17.1 Å². The number of nitriles is 1. The summed E-state index contributed by atoms with van der Waals surface area (Å²) >= 11 is 0. The summed E-state index contributed by atoms with van der Waals surface area (Å²) in [6.07, 6.45) is -3.23. The summed E-state index contributed by atoms with van der Waals surface area (Å²) in [5.74, 6) is -0.170. The van der Waals surface area contributed by atoms with Crippen molar-refractivity contribution in [3.8, 4) is 6.07 Å². The maximum Gasteiger partial charge on any atom is 0.417 e. The molecule has 0 radical (unpaired) electrons. The molecule has 0 atom stereocenters. The van der Waals surface area contributed by atoms with Gasteiger partial charge in [0, 0.05) is 18.8 Å². The number of rotatable bonds is 2. The molecule has 2 aromatic carbocycles. The molecular weight excluding hydrogens is 332 g/mol. The number of alkyl halides is 3. The molecule has 0 aromatic heterocycles. The molecule has 0 N–H and O–H groups in total. The quantitative estimate of drug-likeness (QED) is 0.706. The maximum atomic E-state index is 13.9. The SMILES string of the molecule is N#Cc1ccc(N2CCC(c3ccccc3F)CC2)cc1C(F)(F)F. The summed E-state index contributed by atoms with van der Waals surface area (Å²) in [6, 6.07) is 12.0. The molecule has 2 aromatic rings. The topological polar surface area (TPSA) is 27.0 Å². The van der Waals surface area contributed by atoms with Crippen LogP contribution in [0.15, 0.2) is 42.5 Å². The predicted molar refractivity (Wildman–Crippen MR) is 86.7 cm³/mol. The van der Waals surface area contributed by atoms with Gasteiger partial charge in [0.2, 0.25) is 0 Å². The van der Waals surface area contributed by atoms with Crippen molar-refractivity contribution < 1.29 is 17.6 Å². The van der Waals surface area contributed by atoms with Crippen LogP contribution in [-0.2, 0) is 6.18 Å². The number of piperidine rings is 1. The molecule has 1 aliphatic rings. The highest BCUT2D eigenvalue weighted by molar-refractivity contribution is 5.55. The first-order chi connectivity index (χ1) is 11.9. The summed E-state index contributed by atoms with van der Waals surface area (Å²) in [6.45, 7) is 1.09. The number of hydrogen-bond donors (Lipinski definition) is 0. The van der Waals surface area contributed by atoms with Crippen molar-refractivity contribution >= 4 is 5.69 Å². The summed E-state index contributed by atoms with van der Waals surface area (Å²) in [7, 11) is 0. The van der Waals surface area contributed by atoms with Gasteiger partial charge < -0.3 is 4.90 Å². The first-order valence-electron chi connectivity index (χ1n) is 8.01. The Hall–Kier alpha value is -2.55. The highest BCUT2D eigenvalue weighted by Gasteiger charge is 2.34. The number of anilines is 1. The van der Waals surface area contributed by atoms with Crippen LogP contribution in [0.2, 0.25) is 0 Å². The maximum absolute atomic E-state index is 13.9. The number of benzene rings is 2. The van der Waals surface area contributed by atoms with Gasteiger partial charge in [-0.05, 0) is 48.6 Å². The molecule has 0 aliphatic carbocycles. The Kier molecular flexibility index (Phi) is 4.67. The molecule has 0 spiro atoms. The van der Waals surface area contributed by atoms with Crippen molar-refractivity contribution in [1.29, 1.82) is 5.26 Å². The van der Waals surface area contributed by atoms with Gasteiger partial charge in [-0.25, -0.2) is 4.39 Å². The lowest BCUT2D eigenvalue weighted by atomic mass is 9.89. The Morgan fingerprint density at radius 1 is 1.04 bits per heavy atom. The Balaban J connectivity index is 1.78. The van der Waals surface area contributed by atoms with Crippen LogP contribution in [0.25, 0.3) is 0 Å². The molecule has 0 saturated carbocycles. The smallest absolute Gasteiger partial charge is 0.371 e. The molecule has 0 bridgehead atoms. The lowest BCUT2D eigenvalue weighted by molar-refractivity contribution is -0.137. The molecule has 1 heterocycles. The lowest BCUT2D eigenvalue weighted by Crippen LogP contribution is -2.33. The zero-order valence-electron chi connectivity index (χ0n) is 13.4. The third kappa shape index (κ3) is 3.60. The summed E-state index contributed by atoms with van der Waals surface area (Å²) < 4.78 is 53.2. The largest absolute Gasteiger partial charge is 0.417 e. The lowest BCUT2D eigenvalue weighted by Gasteiger charge is -2.34. The van der Waals surface area contributed by atoms with Gasteiger partial charge in [0.25, 0.3) is 0 Å². The van der Waals surface area contributed by atoms with Crippen molar-refractivity contribution in [3.63, 3.8) is 0 Å². The van der Waals surface area contributed by atoms with E-state index in [4.69, 9.17) is 5.26 Å². The zero-order valence-corrected chi connectivity index (χ0v) is 13.4. The number of halogens is 4. The van der Waals surface area contributed by atoms with E-state index in [0.29, 0.717) is 37.2 Å². The molecular formula is C19H16F4N2. The minimum absolute atomic E-state index is 0.0675. The zero-order chi connectivity index (χ0) is 18.0. The minimum atomic E-state index is -4.56. The van der Waals surface area contributed by atoms with E-state index in [9.17, 15) is 17.6 Å². The minimum Gasteiger partial charge on any atom is -0.371 e. The van der Waals surface area contributed by atoms with Gasteiger partial charge in [0.15, 0.2) is 0 Å². The Labute approximate surface area is 143 Å². The molecule has 1 aliphatic heterocycles. The van der Waals surface area contributed by atoms with E-state index in [1.165, 1.54) is 18.2 Å². The second-order valence-electron chi connectivity index (χ2n) is 6.12. The van der Waals surface area contributed by atoms with Crippen molar-refractivity contribution in [2.24, 2.45) is 0 Å². The van der Waals surface area contributed by atoms with Crippen LogP contribution < -0.4 is 4.90 Å².